The smallest absolute Gasteiger partial charge is 0.0645 e. The van der Waals surface area contributed by atoms with Crippen LogP contribution in [0, 0.1) is 5.92 Å². The summed E-state index contributed by atoms with van der Waals surface area (Å²) in [6.45, 7) is 1.65. The molecule has 2 N–H and O–H groups in total. The Labute approximate surface area is 113 Å². The second kappa shape index (κ2) is 5.55. The second-order valence-electron chi connectivity index (χ2n) is 5.03. The molecule has 1 atom stereocenters. The first-order valence-corrected chi connectivity index (χ1v) is 6.78. The Bertz CT molecular complexity index is 517. The van der Waals surface area contributed by atoms with Gasteiger partial charge in [0.2, 0.25) is 0 Å². The fraction of sp³-hybridized carbons (Fsp3) is 0.400. The molecule has 3 rings (SSSR count). The monoisotopic (exact) mass is 257 g/mol. The summed E-state index contributed by atoms with van der Waals surface area (Å²) < 4.78 is 7.27. The summed E-state index contributed by atoms with van der Waals surface area (Å²) in [5.41, 5.74) is 8.52. The van der Waals surface area contributed by atoms with Crippen LogP contribution >= 0.6 is 0 Å². The van der Waals surface area contributed by atoms with E-state index in [-0.39, 0.29) is 6.04 Å². The quantitative estimate of drug-likeness (QED) is 0.918. The maximum atomic E-state index is 6.35. The molecule has 4 nitrogen and oxygen atoms in total. The highest BCUT2D eigenvalue weighted by Gasteiger charge is 2.23. The number of hydrogen-bond acceptors (Lipinski definition) is 3. The van der Waals surface area contributed by atoms with Crippen LogP contribution in [-0.2, 0) is 4.74 Å². The molecule has 1 fully saturated rings. The van der Waals surface area contributed by atoms with Crippen LogP contribution < -0.4 is 5.73 Å². The summed E-state index contributed by atoms with van der Waals surface area (Å²) in [6.07, 6.45) is 6.00. The number of aromatic nitrogens is 2. The van der Waals surface area contributed by atoms with E-state index in [2.05, 4.69) is 5.10 Å². The molecule has 1 aliphatic heterocycles. The molecule has 4 heteroatoms. The average Bonchev–Trinajstić information content (AvgIpc) is 2.98. The van der Waals surface area contributed by atoms with E-state index in [4.69, 9.17) is 10.5 Å². The van der Waals surface area contributed by atoms with E-state index in [9.17, 15) is 0 Å². The molecule has 0 saturated carbocycles. The van der Waals surface area contributed by atoms with Gasteiger partial charge in [0.1, 0.15) is 0 Å². The Kier molecular flexibility index (Phi) is 3.62. The Morgan fingerprint density at radius 2 is 1.95 bits per heavy atom. The van der Waals surface area contributed by atoms with Crippen molar-refractivity contribution >= 4 is 0 Å². The summed E-state index contributed by atoms with van der Waals surface area (Å²) in [6, 6.07) is 10.2. The number of benzene rings is 1. The van der Waals surface area contributed by atoms with E-state index < -0.39 is 0 Å². The van der Waals surface area contributed by atoms with Gasteiger partial charge in [0, 0.05) is 31.0 Å². The summed E-state index contributed by atoms with van der Waals surface area (Å²) in [5, 5.41) is 4.41. The second-order valence-corrected chi connectivity index (χ2v) is 5.03. The van der Waals surface area contributed by atoms with Crippen LogP contribution in [0.1, 0.15) is 24.4 Å². The van der Waals surface area contributed by atoms with Crippen LogP contribution in [0.4, 0.5) is 0 Å². The van der Waals surface area contributed by atoms with Crippen molar-refractivity contribution in [2.45, 2.75) is 18.9 Å². The van der Waals surface area contributed by atoms with E-state index in [0.717, 1.165) is 37.3 Å². The third-order valence-electron chi connectivity index (χ3n) is 3.78. The summed E-state index contributed by atoms with van der Waals surface area (Å²) in [4.78, 5) is 0. The first kappa shape index (κ1) is 12.4. The Morgan fingerprint density at radius 3 is 2.68 bits per heavy atom. The molecule has 2 heterocycles. The van der Waals surface area contributed by atoms with Crippen molar-refractivity contribution in [3.8, 4) is 5.69 Å². The van der Waals surface area contributed by atoms with Crippen molar-refractivity contribution in [1.29, 1.82) is 0 Å². The zero-order valence-electron chi connectivity index (χ0n) is 10.9. The molecule has 0 amide bonds. The van der Waals surface area contributed by atoms with Crippen LogP contribution in [0.5, 0.6) is 0 Å². The summed E-state index contributed by atoms with van der Waals surface area (Å²) in [5.74, 6) is 0.502. The zero-order valence-corrected chi connectivity index (χ0v) is 10.9. The lowest BCUT2D eigenvalue weighted by molar-refractivity contribution is 0.0584. The van der Waals surface area contributed by atoms with Crippen molar-refractivity contribution in [3.63, 3.8) is 0 Å². The molecule has 0 radical (unpaired) electrons. The van der Waals surface area contributed by atoms with E-state index in [1.807, 2.05) is 47.4 Å². The van der Waals surface area contributed by atoms with Crippen LogP contribution in [0.2, 0.25) is 0 Å². The lowest BCUT2D eigenvalue weighted by Crippen LogP contribution is -2.27. The van der Waals surface area contributed by atoms with Crippen molar-refractivity contribution in [2.24, 2.45) is 11.7 Å². The van der Waals surface area contributed by atoms with Crippen molar-refractivity contribution < 1.29 is 4.74 Å². The van der Waals surface area contributed by atoms with Crippen molar-refractivity contribution in [3.05, 3.63) is 48.3 Å². The van der Waals surface area contributed by atoms with Crippen molar-refractivity contribution in [1.82, 2.24) is 9.78 Å². The fourth-order valence-corrected chi connectivity index (χ4v) is 2.58. The van der Waals surface area contributed by atoms with E-state index in [1.165, 1.54) is 0 Å². The lowest BCUT2D eigenvalue weighted by Gasteiger charge is -2.26. The van der Waals surface area contributed by atoms with Gasteiger partial charge < -0.3 is 10.5 Å². The van der Waals surface area contributed by atoms with Crippen LogP contribution in [0.25, 0.3) is 5.69 Å². The zero-order chi connectivity index (χ0) is 13.1. The van der Waals surface area contributed by atoms with Crippen LogP contribution in [-0.4, -0.2) is 23.0 Å². The molecule has 0 aliphatic carbocycles. The van der Waals surface area contributed by atoms with Crippen molar-refractivity contribution in [2.75, 3.05) is 13.2 Å². The van der Waals surface area contributed by atoms with Gasteiger partial charge in [0.05, 0.1) is 11.9 Å². The van der Waals surface area contributed by atoms with Gasteiger partial charge in [-0.1, -0.05) is 18.2 Å². The highest BCUT2D eigenvalue weighted by atomic mass is 16.5. The van der Waals surface area contributed by atoms with Gasteiger partial charge in [0.25, 0.3) is 0 Å². The van der Waals surface area contributed by atoms with Gasteiger partial charge >= 0.3 is 0 Å². The van der Waals surface area contributed by atoms with Crippen LogP contribution in [0.15, 0.2) is 42.7 Å². The molecule has 0 bridgehead atoms. The average molecular weight is 257 g/mol. The Balaban J connectivity index is 1.77. The molecule has 100 valence electrons. The standard InChI is InChI=1S/C15H19N3O/c16-15(12-6-8-19-9-7-12)13-10-17-18(11-13)14-4-2-1-3-5-14/h1-5,10-12,15H,6-9,16H2. The number of ether oxygens (including phenoxy) is 1. The van der Waals surface area contributed by atoms with E-state index in [1.54, 1.807) is 0 Å². The predicted molar refractivity (Wildman–Crippen MR) is 74.0 cm³/mol. The van der Waals surface area contributed by atoms with Gasteiger partial charge in [0.15, 0.2) is 0 Å². The summed E-state index contributed by atoms with van der Waals surface area (Å²) >= 11 is 0. The van der Waals surface area contributed by atoms with Gasteiger partial charge in [-0.05, 0) is 30.9 Å². The number of rotatable bonds is 3. The molecule has 1 unspecified atom stereocenters. The molecule has 1 aliphatic rings. The predicted octanol–water partition coefficient (Wildman–Crippen LogP) is 2.30. The van der Waals surface area contributed by atoms with E-state index in [0.29, 0.717) is 5.92 Å². The molecule has 1 aromatic carbocycles. The molecule has 2 aromatic rings. The molecule has 1 aromatic heterocycles. The van der Waals surface area contributed by atoms with Gasteiger partial charge in [-0.25, -0.2) is 4.68 Å². The van der Waals surface area contributed by atoms with E-state index >= 15 is 0 Å². The Morgan fingerprint density at radius 1 is 1.21 bits per heavy atom. The molecule has 1 saturated heterocycles. The third kappa shape index (κ3) is 2.69. The van der Waals surface area contributed by atoms with Gasteiger partial charge in [-0.15, -0.1) is 0 Å². The molecular weight excluding hydrogens is 238 g/mol. The number of hydrogen-bond donors (Lipinski definition) is 1. The molecular formula is C15H19N3O. The number of nitrogens with two attached hydrogens (primary N) is 1. The molecule has 0 spiro atoms. The van der Waals surface area contributed by atoms with Crippen LogP contribution in [0.3, 0.4) is 0 Å². The van der Waals surface area contributed by atoms with Gasteiger partial charge in [-0.2, -0.15) is 5.10 Å². The lowest BCUT2D eigenvalue weighted by atomic mass is 9.89. The van der Waals surface area contributed by atoms with Gasteiger partial charge in [-0.3, -0.25) is 0 Å². The highest BCUT2D eigenvalue weighted by molar-refractivity contribution is 5.31. The minimum atomic E-state index is 0.0568. The number of nitrogens with zero attached hydrogens (tertiary/aromatic N) is 2. The molecule has 19 heavy (non-hydrogen) atoms. The SMILES string of the molecule is NC(c1cnn(-c2ccccc2)c1)C1CCOCC1. The third-order valence-corrected chi connectivity index (χ3v) is 3.78. The maximum Gasteiger partial charge on any atom is 0.0645 e. The first-order valence-electron chi connectivity index (χ1n) is 6.78. The largest absolute Gasteiger partial charge is 0.381 e. The minimum Gasteiger partial charge on any atom is -0.381 e. The summed E-state index contributed by atoms with van der Waals surface area (Å²) in [7, 11) is 0. The number of para-hydroxylation sites is 1. The minimum absolute atomic E-state index is 0.0568. The normalized spacial score (nSPS) is 18.4. The maximum absolute atomic E-state index is 6.35. The topological polar surface area (TPSA) is 53.1 Å². The first-order chi connectivity index (χ1) is 9.34. The fourth-order valence-electron chi connectivity index (χ4n) is 2.58. The Hall–Kier alpha value is -1.65. The highest BCUT2D eigenvalue weighted by Crippen LogP contribution is 2.28.